The fourth-order valence-corrected chi connectivity index (χ4v) is 3.58. The average Bonchev–Trinajstić information content (AvgIpc) is 2.72. The largest absolute Gasteiger partial charge is 0.370 e. The van der Waals surface area contributed by atoms with E-state index < -0.39 is 0 Å². The molecular formula is C21H23N5O. The van der Waals surface area contributed by atoms with Gasteiger partial charge in [0.05, 0.1) is 11.9 Å². The van der Waals surface area contributed by atoms with Gasteiger partial charge >= 0.3 is 0 Å². The van der Waals surface area contributed by atoms with Crippen LogP contribution in [0, 0.1) is 12.8 Å². The monoisotopic (exact) mass is 361 g/mol. The van der Waals surface area contributed by atoms with E-state index in [2.05, 4.69) is 44.2 Å². The molecule has 0 bridgehead atoms. The van der Waals surface area contributed by atoms with Crippen LogP contribution in [-0.2, 0) is 11.3 Å². The van der Waals surface area contributed by atoms with Crippen molar-refractivity contribution in [2.45, 2.75) is 26.3 Å². The summed E-state index contributed by atoms with van der Waals surface area (Å²) in [5.41, 5.74) is 4.86. The first-order chi connectivity index (χ1) is 13.2. The summed E-state index contributed by atoms with van der Waals surface area (Å²) in [4.78, 5) is 27.7. The number of nitrogens with one attached hydrogen (secondary N) is 1. The van der Waals surface area contributed by atoms with Crippen LogP contribution in [0.2, 0.25) is 0 Å². The first-order valence-electron chi connectivity index (χ1n) is 9.34. The Hall–Kier alpha value is -3.02. The third kappa shape index (κ3) is 4.05. The van der Waals surface area contributed by atoms with Crippen molar-refractivity contribution < 1.29 is 4.79 Å². The van der Waals surface area contributed by atoms with E-state index in [1.54, 1.807) is 12.4 Å². The molecule has 0 unspecified atom stereocenters. The van der Waals surface area contributed by atoms with E-state index in [0.29, 0.717) is 12.2 Å². The molecule has 2 aromatic heterocycles. The Morgan fingerprint density at radius 1 is 1.15 bits per heavy atom. The number of pyridine rings is 1. The van der Waals surface area contributed by atoms with Crippen molar-refractivity contribution in [2.24, 2.45) is 5.92 Å². The van der Waals surface area contributed by atoms with Gasteiger partial charge in [0.1, 0.15) is 5.52 Å². The first-order valence-corrected chi connectivity index (χ1v) is 9.34. The Bertz CT molecular complexity index is 950. The lowest BCUT2D eigenvalue weighted by Crippen LogP contribution is -2.40. The van der Waals surface area contributed by atoms with Gasteiger partial charge in [0.25, 0.3) is 0 Å². The molecule has 0 saturated carbocycles. The molecule has 3 heterocycles. The van der Waals surface area contributed by atoms with Crippen LogP contribution in [0.5, 0.6) is 0 Å². The summed E-state index contributed by atoms with van der Waals surface area (Å²) < 4.78 is 0. The van der Waals surface area contributed by atoms with Crippen LogP contribution in [0.25, 0.3) is 11.2 Å². The van der Waals surface area contributed by atoms with Gasteiger partial charge in [-0.15, -0.1) is 0 Å². The number of hydrogen-bond donors (Lipinski definition) is 1. The van der Waals surface area contributed by atoms with E-state index in [1.807, 2.05) is 24.4 Å². The number of anilines is 1. The Morgan fingerprint density at radius 3 is 2.78 bits per heavy atom. The average molecular weight is 361 g/mol. The summed E-state index contributed by atoms with van der Waals surface area (Å²) in [5, 5.41) is 3.09. The van der Waals surface area contributed by atoms with Gasteiger partial charge in [-0.25, -0.2) is 9.97 Å². The maximum absolute atomic E-state index is 12.5. The lowest BCUT2D eigenvalue weighted by atomic mass is 9.95. The zero-order valence-electron chi connectivity index (χ0n) is 15.4. The number of hydrogen-bond acceptors (Lipinski definition) is 5. The van der Waals surface area contributed by atoms with Gasteiger partial charge in [0.15, 0.2) is 5.65 Å². The highest BCUT2D eigenvalue weighted by atomic mass is 16.1. The number of amides is 1. The fourth-order valence-electron chi connectivity index (χ4n) is 3.58. The van der Waals surface area contributed by atoms with Crippen molar-refractivity contribution in [3.05, 3.63) is 60.0 Å². The molecule has 0 aliphatic carbocycles. The van der Waals surface area contributed by atoms with E-state index in [0.717, 1.165) is 42.7 Å². The summed E-state index contributed by atoms with van der Waals surface area (Å²) in [6, 6.07) is 10.3. The van der Waals surface area contributed by atoms with Crippen LogP contribution in [0.15, 0.2) is 48.9 Å². The molecule has 1 aliphatic rings. The summed E-state index contributed by atoms with van der Waals surface area (Å²) in [5.74, 6) is 0.220. The van der Waals surface area contributed by atoms with Crippen LogP contribution in [0.1, 0.15) is 24.0 Å². The number of nitrogens with zero attached hydrogens (tertiary/aromatic N) is 4. The smallest absolute Gasteiger partial charge is 0.223 e. The predicted octanol–water partition coefficient (Wildman–Crippen LogP) is 2.87. The van der Waals surface area contributed by atoms with Crippen LogP contribution >= 0.6 is 0 Å². The number of aryl methyl sites for hydroxylation is 1. The van der Waals surface area contributed by atoms with E-state index in [1.165, 1.54) is 5.56 Å². The topological polar surface area (TPSA) is 71.0 Å². The molecule has 27 heavy (non-hydrogen) atoms. The van der Waals surface area contributed by atoms with Crippen LogP contribution in [0.4, 0.5) is 5.69 Å². The third-order valence-corrected chi connectivity index (χ3v) is 5.09. The van der Waals surface area contributed by atoms with Gasteiger partial charge in [-0.2, -0.15) is 0 Å². The van der Waals surface area contributed by atoms with Crippen LogP contribution in [0.3, 0.4) is 0 Å². The Kier molecular flexibility index (Phi) is 4.96. The van der Waals surface area contributed by atoms with Crippen LogP contribution < -0.4 is 10.2 Å². The van der Waals surface area contributed by atoms with Gasteiger partial charge in [-0.3, -0.25) is 9.78 Å². The molecule has 6 heteroatoms. The second kappa shape index (κ2) is 7.70. The number of benzene rings is 1. The maximum Gasteiger partial charge on any atom is 0.223 e. The molecule has 0 spiro atoms. The number of carbonyl (C=O) groups excluding carboxylic acids is 1. The lowest BCUT2D eigenvalue weighted by molar-refractivity contribution is -0.125. The Labute approximate surface area is 158 Å². The molecular weight excluding hydrogens is 338 g/mol. The van der Waals surface area contributed by atoms with Gasteiger partial charge in [-0.05, 0) is 31.4 Å². The molecule has 1 saturated heterocycles. The van der Waals surface area contributed by atoms with E-state index in [9.17, 15) is 4.79 Å². The minimum absolute atomic E-state index is 0.0688. The van der Waals surface area contributed by atoms with Gasteiger partial charge in [-0.1, -0.05) is 29.8 Å². The highest BCUT2D eigenvalue weighted by Crippen LogP contribution is 2.24. The normalized spacial score (nSPS) is 15.1. The molecule has 1 aromatic carbocycles. The molecule has 138 valence electrons. The van der Waals surface area contributed by atoms with Gasteiger partial charge < -0.3 is 10.2 Å². The zero-order chi connectivity index (χ0) is 18.6. The number of carbonyl (C=O) groups is 1. The highest BCUT2D eigenvalue weighted by molar-refractivity contribution is 5.79. The van der Waals surface area contributed by atoms with E-state index >= 15 is 0 Å². The molecule has 6 nitrogen and oxygen atoms in total. The predicted molar refractivity (Wildman–Crippen MR) is 105 cm³/mol. The third-order valence-electron chi connectivity index (χ3n) is 5.09. The molecule has 1 N–H and O–H groups in total. The summed E-state index contributed by atoms with van der Waals surface area (Å²) in [6.45, 7) is 4.34. The zero-order valence-corrected chi connectivity index (χ0v) is 15.4. The van der Waals surface area contributed by atoms with E-state index in [-0.39, 0.29) is 11.8 Å². The number of fused-ring (bicyclic) bond motifs is 1. The standard InChI is InChI=1S/C21H23N5O/c1-15-3-2-4-16(11-15)13-25-21(27)17-5-9-26(10-6-17)18-12-19-20(24-14-18)23-8-7-22-19/h2-4,7-8,11-12,14,17H,5-6,9-10,13H2,1H3,(H,25,27). The van der Waals surface area contributed by atoms with Gasteiger partial charge in [0, 0.05) is 37.9 Å². The highest BCUT2D eigenvalue weighted by Gasteiger charge is 2.25. The van der Waals surface area contributed by atoms with Crippen molar-refractivity contribution in [1.82, 2.24) is 20.3 Å². The molecule has 1 fully saturated rings. The second-order valence-corrected chi connectivity index (χ2v) is 7.06. The van der Waals surface area contributed by atoms with E-state index in [4.69, 9.17) is 0 Å². The Morgan fingerprint density at radius 2 is 1.96 bits per heavy atom. The quantitative estimate of drug-likeness (QED) is 0.774. The summed E-state index contributed by atoms with van der Waals surface area (Å²) in [6.07, 6.45) is 6.86. The first kappa shape index (κ1) is 17.4. The Balaban J connectivity index is 1.33. The molecule has 1 aliphatic heterocycles. The van der Waals surface area contributed by atoms with Crippen molar-refractivity contribution in [1.29, 1.82) is 0 Å². The van der Waals surface area contributed by atoms with Gasteiger partial charge in [0.2, 0.25) is 5.91 Å². The number of rotatable bonds is 4. The summed E-state index contributed by atoms with van der Waals surface area (Å²) in [7, 11) is 0. The SMILES string of the molecule is Cc1cccc(CNC(=O)C2CCN(c3cnc4nccnc4c3)CC2)c1. The van der Waals surface area contributed by atoms with Crippen molar-refractivity contribution >= 4 is 22.8 Å². The number of aromatic nitrogens is 3. The minimum Gasteiger partial charge on any atom is -0.370 e. The van der Waals surface area contributed by atoms with Crippen LogP contribution in [-0.4, -0.2) is 33.9 Å². The molecule has 0 atom stereocenters. The number of piperidine rings is 1. The van der Waals surface area contributed by atoms with Crippen molar-refractivity contribution in [2.75, 3.05) is 18.0 Å². The van der Waals surface area contributed by atoms with Crippen molar-refractivity contribution in [3.8, 4) is 0 Å². The summed E-state index contributed by atoms with van der Waals surface area (Å²) >= 11 is 0. The minimum atomic E-state index is 0.0688. The second-order valence-electron chi connectivity index (χ2n) is 7.06. The fraction of sp³-hybridized carbons (Fsp3) is 0.333. The molecule has 1 amide bonds. The van der Waals surface area contributed by atoms with Crippen molar-refractivity contribution in [3.63, 3.8) is 0 Å². The molecule has 4 rings (SSSR count). The molecule has 0 radical (unpaired) electrons. The maximum atomic E-state index is 12.5. The molecule has 3 aromatic rings. The lowest BCUT2D eigenvalue weighted by Gasteiger charge is -2.32.